The molecule has 0 bridgehead atoms. The fraction of sp³-hybridized carbons (Fsp3) is 0.667. The Labute approximate surface area is 115 Å². The predicted molar refractivity (Wildman–Crippen MR) is 77.0 cm³/mol. The van der Waals surface area contributed by atoms with Gasteiger partial charge in [-0.2, -0.15) is 0 Å². The minimum absolute atomic E-state index is 0.816. The van der Waals surface area contributed by atoms with Crippen LogP contribution in [0.5, 0.6) is 0 Å². The summed E-state index contributed by atoms with van der Waals surface area (Å²) in [5.41, 5.74) is 1.38. The smallest absolute Gasteiger partial charge is 0.0271 e. The van der Waals surface area contributed by atoms with E-state index in [1.54, 1.807) is 0 Å². The second-order valence-electron chi connectivity index (χ2n) is 5.65. The molecule has 0 atom stereocenters. The van der Waals surface area contributed by atoms with Crippen molar-refractivity contribution in [3.8, 4) is 0 Å². The zero-order chi connectivity index (χ0) is 12.9. The van der Waals surface area contributed by atoms with Gasteiger partial charge in [-0.3, -0.25) is 14.8 Å². The lowest BCUT2D eigenvalue weighted by atomic mass is 10.0. The van der Waals surface area contributed by atoms with Gasteiger partial charge in [-0.25, -0.2) is 0 Å². The third-order valence-electron chi connectivity index (χ3n) is 4.38. The van der Waals surface area contributed by atoms with Gasteiger partial charge < -0.3 is 5.32 Å². The normalized spacial score (nSPS) is 23.6. The number of piperazine rings is 1. The van der Waals surface area contributed by atoms with Crippen molar-refractivity contribution in [3.05, 3.63) is 30.1 Å². The van der Waals surface area contributed by atoms with Gasteiger partial charge in [0.1, 0.15) is 0 Å². The number of nitrogens with zero attached hydrogens (tertiary/aromatic N) is 3. The number of pyridine rings is 1. The van der Waals surface area contributed by atoms with Gasteiger partial charge in [-0.1, -0.05) is 0 Å². The van der Waals surface area contributed by atoms with Crippen LogP contribution in [0.25, 0.3) is 0 Å². The summed E-state index contributed by atoms with van der Waals surface area (Å²) in [6.45, 7) is 8.34. The van der Waals surface area contributed by atoms with Crippen LogP contribution in [0.3, 0.4) is 0 Å². The van der Waals surface area contributed by atoms with E-state index in [1.807, 2.05) is 12.4 Å². The number of rotatable bonds is 3. The molecule has 1 aromatic heterocycles. The van der Waals surface area contributed by atoms with Gasteiger partial charge in [-0.05, 0) is 43.6 Å². The highest BCUT2D eigenvalue weighted by Gasteiger charge is 2.25. The monoisotopic (exact) mass is 260 g/mol. The van der Waals surface area contributed by atoms with E-state index in [0.29, 0.717) is 0 Å². The molecular weight excluding hydrogens is 236 g/mol. The predicted octanol–water partition coefficient (Wildman–Crippen LogP) is 0.951. The Morgan fingerprint density at radius 2 is 1.74 bits per heavy atom. The lowest BCUT2D eigenvalue weighted by molar-refractivity contribution is 0.0948. The second kappa shape index (κ2) is 6.46. The van der Waals surface area contributed by atoms with Crippen molar-refractivity contribution < 1.29 is 0 Å². The molecule has 0 aromatic carbocycles. The number of hydrogen-bond donors (Lipinski definition) is 1. The number of hydrogen-bond acceptors (Lipinski definition) is 4. The summed E-state index contributed by atoms with van der Waals surface area (Å²) in [5, 5.41) is 3.44. The number of piperidine rings is 1. The van der Waals surface area contributed by atoms with Gasteiger partial charge in [0.25, 0.3) is 0 Å². The van der Waals surface area contributed by atoms with Gasteiger partial charge in [0.2, 0.25) is 0 Å². The van der Waals surface area contributed by atoms with Gasteiger partial charge >= 0.3 is 0 Å². The van der Waals surface area contributed by atoms with Crippen LogP contribution in [-0.4, -0.2) is 60.1 Å². The molecule has 0 unspecified atom stereocenters. The molecule has 0 radical (unpaired) electrons. The average Bonchev–Trinajstić information content (AvgIpc) is 2.50. The van der Waals surface area contributed by atoms with E-state index >= 15 is 0 Å². The van der Waals surface area contributed by atoms with Crippen molar-refractivity contribution in [2.75, 3.05) is 39.3 Å². The number of nitrogens with one attached hydrogen (secondary N) is 1. The Morgan fingerprint density at radius 1 is 1.05 bits per heavy atom. The Hall–Kier alpha value is -0.970. The van der Waals surface area contributed by atoms with Crippen molar-refractivity contribution in [2.45, 2.75) is 25.4 Å². The Morgan fingerprint density at radius 3 is 2.42 bits per heavy atom. The van der Waals surface area contributed by atoms with E-state index < -0.39 is 0 Å². The number of aromatic nitrogens is 1. The maximum absolute atomic E-state index is 4.08. The first-order chi connectivity index (χ1) is 9.42. The van der Waals surface area contributed by atoms with Crippen molar-refractivity contribution in [2.24, 2.45) is 0 Å². The standard InChI is InChI=1S/C15H24N4/c1-5-16-6-2-14(1)13-18-9-3-15(4-10-18)19-11-7-17-8-12-19/h1-2,5-6,15,17H,3-4,7-13H2. The molecule has 4 nitrogen and oxygen atoms in total. The van der Waals surface area contributed by atoms with Gasteiger partial charge in [0.05, 0.1) is 0 Å². The molecule has 2 fully saturated rings. The molecule has 104 valence electrons. The molecule has 0 saturated carbocycles. The lowest BCUT2D eigenvalue weighted by Crippen LogP contribution is -2.51. The molecule has 0 aliphatic carbocycles. The third-order valence-corrected chi connectivity index (χ3v) is 4.38. The van der Waals surface area contributed by atoms with E-state index in [9.17, 15) is 0 Å². The topological polar surface area (TPSA) is 31.4 Å². The Balaban J connectivity index is 1.46. The van der Waals surface area contributed by atoms with Gasteiger partial charge in [0, 0.05) is 51.2 Å². The van der Waals surface area contributed by atoms with Crippen molar-refractivity contribution in [3.63, 3.8) is 0 Å². The van der Waals surface area contributed by atoms with E-state index in [-0.39, 0.29) is 0 Å². The minimum Gasteiger partial charge on any atom is -0.314 e. The highest BCUT2D eigenvalue weighted by atomic mass is 15.2. The summed E-state index contributed by atoms with van der Waals surface area (Å²) in [4.78, 5) is 9.34. The van der Waals surface area contributed by atoms with Crippen molar-refractivity contribution in [1.82, 2.24) is 20.1 Å². The second-order valence-corrected chi connectivity index (χ2v) is 5.65. The molecule has 0 amide bonds. The molecular formula is C15H24N4. The Bertz CT molecular complexity index is 367. The molecule has 4 heteroatoms. The molecule has 3 rings (SSSR count). The van der Waals surface area contributed by atoms with Crippen LogP contribution >= 0.6 is 0 Å². The zero-order valence-corrected chi connectivity index (χ0v) is 11.6. The van der Waals surface area contributed by atoms with Crippen molar-refractivity contribution >= 4 is 0 Å². The zero-order valence-electron chi connectivity index (χ0n) is 11.6. The quantitative estimate of drug-likeness (QED) is 0.877. The van der Waals surface area contributed by atoms with Crippen LogP contribution in [0.1, 0.15) is 18.4 Å². The molecule has 1 aromatic rings. The molecule has 1 N–H and O–H groups in total. The summed E-state index contributed by atoms with van der Waals surface area (Å²) >= 11 is 0. The van der Waals surface area contributed by atoms with E-state index in [1.165, 1.54) is 44.6 Å². The van der Waals surface area contributed by atoms with Crippen LogP contribution in [0.4, 0.5) is 0 Å². The van der Waals surface area contributed by atoms with E-state index in [0.717, 1.165) is 25.7 Å². The Kier molecular flexibility index (Phi) is 4.43. The van der Waals surface area contributed by atoms with Gasteiger partial charge in [-0.15, -0.1) is 0 Å². The highest BCUT2D eigenvalue weighted by molar-refractivity contribution is 5.09. The number of likely N-dealkylation sites (tertiary alicyclic amines) is 1. The minimum atomic E-state index is 0.816. The largest absolute Gasteiger partial charge is 0.314 e. The summed E-state index contributed by atoms with van der Waals surface area (Å²) in [7, 11) is 0. The summed E-state index contributed by atoms with van der Waals surface area (Å²) in [6.07, 6.45) is 6.43. The maximum atomic E-state index is 4.08. The first-order valence-electron chi connectivity index (χ1n) is 7.48. The molecule has 2 aliphatic heterocycles. The van der Waals surface area contributed by atoms with Crippen LogP contribution in [0, 0.1) is 0 Å². The van der Waals surface area contributed by atoms with Crippen molar-refractivity contribution in [1.29, 1.82) is 0 Å². The first kappa shape index (κ1) is 13.0. The molecule has 2 aliphatic rings. The van der Waals surface area contributed by atoms with Crippen LogP contribution in [0.2, 0.25) is 0 Å². The third kappa shape index (κ3) is 3.53. The van der Waals surface area contributed by atoms with Crippen LogP contribution < -0.4 is 5.32 Å². The molecule has 2 saturated heterocycles. The highest BCUT2D eigenvalue weighted by Crippen LogP contribution is 2.18. The van der Waals surface area contributed by atoms with E-state index in [2.05, 4.69) is 32.2 Å². The molecule has 19 heavy (non-hydrogen) atoms. The molecule has 3 heterocycles. The SMILES string of the molecule is c1cc(CN2CCC(N3CCNCC3)CC2)ccn1. The summed E-state index contributed by atoms with van der Waals surface area (Å²) < 4.78 is 0. The van der Waals surface area contributed by atoms with Gasteiger partial charge in [0.15, 0.2) is 0 Å². The van der Waals surface area contributed by atoms with E-state index in [4.69, 9.17) is 0 Å². The average molecular weight is 260 g/mol. The summed E-state index contributed by atoms with van der Waals surface area (Å²) in [5.74, 6) is 0. The fourth-order valence-corrected chi connectivity index (χ4v) is 3.24. The van der Waals surface area contributed by atoms with Crippen LogP contribution in [0.15, 0.2) is 24.5 Å². The summed E-state index contributed by atoms with van der Waals surface area (Å²) in [6, 6.07) is 5.07. The lowest BCUT2D eigenvalue weighted by Gasteiger charge is -2.40. The maximum Gasteiger partial charge on any atom is 0.0271 e. The molecule has 0 spiro atoms. The van der Waals surface area contributed by atoms with Crippen LogP contribution in [-0.2, 0) is 6.54 Å². The fourth-order valence-electron chi connectivity index (χ4n) is 3.24. The first-order valence-corrected chi connectivity index (χ1v) is 7.48.